The fraction of sp³-hybridized carbons (Fsp3) is 0.412. The molecular weight excluding hydrogens is 298 g/mol. The fourth-order valence-electron chi connectivity index (χ4n) is 2.51. The topological polar surface area (TPSA) is 50.7 Å². The fourth-order valence-corrected chi connectivity index (χ4v) is 3.23. The van der Waals surface area contributed by atoms with Crippen molar-refractivity contribution >= 4 is 11.3 Å². The molecule has 1 aliphatic rings. The number of hydrogen-bond acceptors (Lipinski definition) is 5. The normalized spacial score (nSPS) is 16.3. The van der Waals surface area contributed by atoms with Crippen LogP contribution in [0.25, 0.3) is 0 Å². The molecule has 2 atom stereocenters. The molecule has 4 nitrogen and oxygen atoms in total. The monoisotopic (exact) mass is 319 g/mol. The van der Waals surface area contributed by atoms with E-state index in [9.17, 15) is 5.11 Å². The van der Waals surface area contributed by atoms with E-state index in [4.69, 9.17) is 9.47 Å². The van der Waals surface area contributed by atoms with Crippen LogP contribution < -0.4 is 14.8 Å². The summed E-state index contributed by atoms with van der Waals surface area (Å²) in [5, 5.41) is 15.6. The summed E-state index contributed by atoms with van der Waals surface area (Å²) in [6, 6.07) is 10.2. The van der Waals surface area contributed by atoms with Crippen LogP contribution in [0.4, 0.5) is 0 Å². The van der Waals surface area contributed by atoms with Gasteiger partial charge in [-0.25, -0.2) is 0 Å². The molecule has 1 aromatic carbocycles. The highest BCUT2D eigenvalue weighted by molar-refractivity contribution is 7.10. The molecule has 0 unspecified atom stereocenters. The van der Waals surface area contributed by atoms with Crippen LogP contribution in [0.3, 0.4) is 0 Å². The van der Waals surface area contributed by atoms with Crippen LogP contribution in [-0.4, -0.2) is 24.4 Å². The summed E-state index contributed by atoms with van der Waals surface area (Å²) in [7, 11) is 0. The predicted molar refractivity (Wildman–Crippen MR) is 87.6 cm³/mol. The smallest absolute Gasteiger partial charge is 0.161 e. The van der Waals surface area contributed by atoms with Gasteiger partial charge < -0.3 is 19.9 Å². The van der Waals surface area contributed by atoms with Gasteiger partial charge in [0.1, 0.15) is 13.2 Å². The van der Waals surface area contributed by atoms with E-state index >= 15 is 0 Å². The zero-order valence-corrected chi connectivity index (χ0v) is 13.4. The van der Waals surface area contributed by atoms with E-state index in [0.29, 0.717) is 19.6 Å². The van der Waals surface area contributed by atoms with Gasteiger partial charge >= 0.3 is 0 Å². The second kappa shape index (κ2) is 7.13. The van der Waals surface area contributed by atoms with Gasteiger partial charge in [-0.2, -0.15) is 0 Å². The van der Waals surface area contributed by atoms with Crippen LogP contribution in [0.5, 0.6) is 11.5 Å². The minimum atomic E-state index is -0.400. The summed E-state index contributed by atoms with van der Waals surface area (Å²) in [5.41, 5.74) is 1.15. The van der Waals surface area contributed by atoms with Crippen molar-refractivity contribution in [3.63, 3.8) is 0 Å². The molecule has 0 saturated carbocycles. The van der Waals surface area contributed by atoms with E-state index in [-0.39, 0.29) is 6.04 Å². The molecule has 5 heteroatoms. The third-order valence-corrected chi connectivity index (χ3v) is 4.68. The van der Waals surface area contributed by atoms with Gasteiger partial charge in [0.05, 0.1) is 6.10 Å². The average molecular weight is 319 g/mol. The summed E-state index contributed by atoms with van der Waals surface area (Å²) in [6.07, 6.45) is 0.299. The van der Waals surface area contributed by atoms with Crippen LogP contribution in [0, 0.1) is 0 Å². The van der Waals surface area contributed by atoms with Crippen molar-refractivity contribution in [1.29, 1.82) is 0 Å². The lowest BCUT2D eigenvalue weighted by Gasteiger charge is -2.20. The summed E-state index contributed by atoms with van der Waals surface area (Å²) in [4.78, 5) is 1.02. The number of aliphatic hydroxyl groups excluding tert-OH is 1. The van der Waals surface area contributed by atoms with Crippen molar-refractivity contribution < 1.29 is 14.6 Å². The first-order valence-corrected chi connectivity index (χ1v) is 8.43. The molecule has 118 valence electrons. The Morgan fingerprint density at radius 2 is 2.05 bits per heavy atom. The maximum atomic E-state index is 10.2. The van der Waals surface area contributed by atoms with Crippen molar-refractivity contribution in [2.75, 3.05) is 13.2 Å². The predicted octanol–water partition coefficient (Wildman–Crippen LogP) is 3.12. The molecule has 0 radical (unpaired) electrons. The van der Waals surface area contributed by atoms with E-state index in [1.54, 1.807) is 11.3 Å². The van der Waals surface area contributed by atoms with Crippen molar-refractivity contribution in [2.24, 2.45) is 0 Å². The minimum absolute atomic E-state index is 0.227. The highest BCUT2D eigenvalue weighted by atomic mass is 32.1. The van der Waals surface area contributed by atoms with Gasteiger partial charge in [0, 0.05) is 17.5 Å². The third kappa shape index (κ3) is 3.80. The van der Waals surface area contributed by atoms with Crippen LogP contribution in [0.1, 0.15) is 29.9 Å². The average Bonchev–Trinajstić information content (AvgIpc) is 3.07. The van der Waals surface area contributed by atoms with Crippen LogP contribution >= 0.6 is 11.3 Å². The molecule has 22 heavy (non-hydrogen) atoms. The van der Waals surface area contributed by atoms with Crippen molar-refractivity contribution in [3.8, 4) is 11.5 Å². The summed E-state index contributed by atoms with van der Waals surface area (Å²) in [6.45, 7) is 4.05. The molecule has 0 bridgehead atoms. The molecule has 2 N–H and O–H groups in total. The Balaban J connectivity index is 1.51. The van der Waals surface area contributed by atoms with Crippen LogP contribution in [0.2, 0.25) is 0 Å². The summed E-state index contributed by atoms with van der Waals surface area (Å²) in [5.74, 6) is 1.63. The van der Waals surface area contributed by atoms with Crippen molar-refractivity contribution in [2.45, 2.75) is 32.0 Å². The first kappa shape index (κ1) is 15.3. The summed E-state index contributed by atoms with van der Waals surface area (Å²) >= 11 is 1.59. The molecule has 1 aliphatic heterocycles. The van der Waals surface area contributed by atoms with E-state index in [2.05, 4.69) is 12.2 Å². The zero-order valence-electron chi connectivity index (χ0n) is 12.6. The van der Waals surface area contributed by atoms with Gasteiger partial charge in [-0.05, 0) is 42.5 Å². The molecule has 0 aliphatic carbocycles. The molecule has 0 fully saturated rings. The lowest BCUT2D eigenvalue weighted by atomic mass is 10.1. The number of thiophene rings is 1. The third-order valence-electron chi connectivity index (χ3n) is 3.71. The van der Waals surface area contributed by atoms with Gasteiger partial charge in [0.2, 0.25) is 0 Å². The maximum absolute atomic E-state index is 10.2. The van der Waals surface area contributed by atoms with Crippen LogP contribution in [-0.2, 0) is 6.54 Å². The van der Waals surface area contributed by atoms with Gasteiger partial charge in [0.25, 0.3) is 0 Å². The molecule has 1 aromatic heterocycles. The number of rotatable bonds is 6. The number of aliphatic hydroxyl groups is 1. The van der Waals surface area contributed by atoms with Gasteiger partial charge in [-0.1, -0.05) is 12.1 Å². The Morgan fingerprint density at radius 1 is 1.23 bits per heavy atom. The number of fused-ring (bicyclic) bond motifs is 1. The Kier molecular flexibility index (Phi) is 4.97. The van der Waals surface area contributed by atoms with E-state index < -0.39 is 6.10 Å². The van der Waals surface area contributed by atoms with E-state index in [0.717, 1.165) is 28.5 Å². The number of ether oxygens (including phenoxy) is 2. The Hall–Kier alpha value is -1.56. The second-order valence-electron chi connectivity index (χ2n) is 5.53. The van der Waals surface area contributed by atoms with E-state index in [1.807, 2.05) is 35.7 Å². The number of benzene rings is 1. The zero-order chi connectivity index (χ0) is 15.4. The molecule has 3 rings (SSSR count). The van der Waals surface area contributed by atoms with Crippen molar-refractivity contribution in [3.05, 3.63) is 46.2 Å². The van der Waals surface area contributed by atoms with Gasteiger partial charge in [-0.3, -0.25) is 0 Å². The molecule has 2 aromatic rings. The largest absolute Gasteiger partial charge is 0.486 e. The Labute approximate surface area is 134 Å². The molecule has 0 amide bonds. The maximum Gasteiger partial charge on any atom is 0.161 e. The standard InChI is InChI=1S/C17H21NO3S/c1-12(9-14(19)17-3-2-8-22-17)18-11-13-4-5-15-16(10-13)21-7-6-20-15/h2-5,8,10,12,14,18-19H,6-7,9,11H2,1H3/t12-,14+/m1/s1. The molecule has 2 heterocycles. The lowest BCUT2D eigenvalue weighted by molar-refractivity contribution is 0.157. The first-order valence-electron chi connectivity index (χ1n) is 7.56. The highest BCUT2D eigenvalue weighted by Crippen LogP contribution is 2.30. The minimum Gasteiger partial charge on any atom is -0.486 e. The number of hydrogen-bond donors (Lipinski definition) is 2. The van der Waals surface area contributed by atoms with Crippen molar-refractivity contribution in [1.82, 2.24) is 5.32 Å². The van der Waals surface area contributed by atoms with Gasteiger partial charge in [0.15, 0.2) is 11.5 Å². The molecule has 0 saturated heterocycles. The lowest BCUT2D eigenvalue weighted by Crippen LogP contribution is -2.27. The summed E-state index contributed by atoms with van der Waals surface area (Å²) < 4.78 is 11.1. The molecule has 0 spiro atoms. The quantitative estimate of drug-likeness (QED) is 0.859. The second-order valence-corrected chi connectivity index (χ2v) is 6.51. The van der Waals surface area contributed by atoms with Gasteiger partial charge in [-0.15, -0.1) is 11.3 Å². The Bertz CT molecular complexity index is 600. The van der Waals surface area contributed by atoms with Crippen LogP contribution in [0.15, 0.2) is 35.7 Å². The SMILES string of the molecule is C[C@H](C[C@H](O)c1cccs1)NCc1ccc2c(c1)OCCO2. The Morgan fingerprint density at radius 3 is 2.82 bits per heavy atom. The number of nitrogens with one attached hydrogen (secondary N) is 1. The molecular formula is C17H21NO3S. The highest BCUT2D eigenvalue weighted by Gasteiger charge is 2.14. The first-order chi connectivity index (χ1) is 10.7. The van der Waals surface area contributed by atoms with E-state index in [1.165, 1.54) is 0 Å².